The van der Waals surface area contributed by atoms with Gasteiger partial charge in [0.1, 0.15) is 11.6 Å². The molecule has 1 amide bonds. The maximum absolute atomic E-state index is 13.5. The SMILES string of the molecule is CCOc1ccc(N2C(=O)c3cccnc3[C@@H]2Nc2ccc(F)c(Cl)c2)cc1. The number of anilines is 2. The van der Waals surface area contributed by atoms with Gasteiger partial charge in [-0.1, -0.05) is 11.6 Å². The van der Waals surface area contributed by atoms with Crippen LogP contribution in [-0.2, 0) is 0 Å². The van der Waals surface area contributed by atoms with E-state index in [1.807, 2.05) is 31.2 Å². The van der Waals surface area contributed by atoms with E-state index in [1.54, 1.807) is 29.3 Å². The van der Waals surface area contributed by atoms with Crippen molar-refractivity contribution < 1.29 is 13.9 Å². The number of benzene rings is 2. The van der Waals surface area contributed by atoms with Crippen LogP contribution in [0.2, 0.25) is 5.02 Å². The Labute approximate surface area is 166 Å². The monoisotopic (exact) mass is 397 g/mol. The summed E-state index contributed by atoms with van der Waals surface area (Å²) in [5.41, 5.74) is 2.39. The van der Waals surface area contributed by atoms with Crippen molar-refractivity contribution in [2.24, 2.45) is 0 Å². The van der Waals surface area contributed by atoms with Crippen LogP contribution in [-0.4, -0.2) is 17.5 Å². The molecular formula is C21H17ClFN3O2. The lowest BCUT2D eigenvalue weighted by Gasteiger charge is -2.26. The number of hydrogen-bond donors (Lipinski definition) is 1. The highest BCUT2D eigenvalue weighted by Gasteiger charge is 2.39. The molecule has 0 saturated carbocycles. The Kier molecular flexibility index (Phi) is 4.88. The Balaban J connectivity index is 1.72. The van der Waals surface area contributed by atoms with E-state index in [4.69, 9.17) is 16.3 Å². The van der Waals surface area contributed by atoms with Crippen molar-refractivity contribution in [1.82, 2.24) is 4.98 Å². The predicted molar refractivity (Wildman–Crippen MR) is 106 cm³/mol. The molecule has 0 bridgehead atoms. The molecular weight excluding hydrogens is 381 g/mol. The first-order chi connectivity index (χ1) is 13.6. The zero-order chi connectivity index (χ0) is 19.7. The summed E-state index contributed by atoms with van der Waals surface area (Å²) in [7, 11) is 0. The van der Waals surface area contributed by atoms with Crippen LogP contribution in [0, 0.1) is 5.82 Å². The average Bonchev–Trinajstić information content (AvgIpc) is 2.98. The van der Waals surface area contributed by atoms with Crippen molar-refractivity contribution >= 4 is 28.9 Å². The number of ether oxygens (including phenoxy) is 1. The largest absolute Gasteiger partial charge is 0.494 e. The van der Waals surface area contributed by atoms with Crippen molar-refractivity contribution in [1.29, 1.82) is 0 Å². The summed E-state index contributed by atoms with van der Waals surface area (Å²) in [6, 6.07) is 15.1. The molecule has 1 aromatic heterocycles. The number of nitrogens with one attached hydrogen (secondary N) is 1. The smallest absolute Gasteiger partial charge is 0.262 e. The molecule has 142 valence electrons. The first-order valence-electron chi connectivity index (χ1n) is 8.81. The summed E-state index contributed by atoms with van der Waals surface area (Å²) in [6.45, 7) is 2.47. The fraction of sp³-hybridized carbons (Fsp3) is 0.143. The molecule has 0 aliphatic carbocycles. The standard InChI is InChI=1S/C21H17ClFN3O2/c1-2-28-15-8-6-14(7-9-15)26-20(19-16(21(26)27)4-3-11-24-19)25-13-5-10-18(23)17(22)12-13/h3-12,20,25H,2H2,1H3/t20-/m1/s1. The fourth-order valence-electron chi connectivity index (χ4n) is 3.20. The highest BCUT2D eigenvalue weighted by Crippen LogP contribution is 2.37. The van der Waals surface area contributed by atoms with Gasteiger partial charge in [0, 0.05) is 17.6 Å². The second-order valence-electron chi connectivity index (χ2n) is 6.21. The lowest BCUT2D eigenvalue weighted by molar-refractivity contribution is 0.0993. The van der Waals surface area contributed by atoms with E-state index in [1.165, 1.54) is 12.1 Å². The van der Waals surface area contributed by atoms with E-state index >= 15 is 0 Å². The predicted octanol–water partition coefficient (Wildman–Crippen LogP) is 5.04. The second kappa shape index (κ2) is 7.48. The maximum Gasteiger partial charge on any atom is 0.262 e. The van der Waals surface area contributed by atoms with Gasteiger partial charge in [-0.3, -0.25) is 14.7 Å². The van der Waals surface area contributed by atoms with E-state index in [-0.39, 0.29) is 10.9 Å². The molecule has 0 unspecified atom stereocenters. The van der Waals surface area contributed by atoms with E-state index in [2.05, 4.69) is 10.3 Å². The molecule has 5 nitrogen and oxygen atoms in total. The number of carbonyl (C=O) groups excluding carboxylic acids is 1. The van der Waals surface area contributed by atoms with Gasteiger partial charge in [0.25, 0.3) is 5.91 Å². The fourth-order valence-corrected chi connectivity index (χ4v) is 3.38. The van der Waals surface area contributed by atoms with Crippen molar-refractivity contribution in [2.75, 3.05) is 16.8 Å². The van der Waals surface area contributed by atoms with Crippen LogP contribution in [0.15, 0.2) is 60.8 Å². The summed E-state index contributed by atoms with van der Waals surface area (Å²) in [6.07, 6.45) is 1.09. The molecule has 0 radical (unpaired) electrons. The second-order valence-corrected chi connectivity index (χ2v) is 6.62. The quantitative estimate of drug-likeness (QED) is 0.655. The minimum Gasteiger partial charge on any atom is -0.494 e. The van der Waals surface area contributed by atoms with Crippen LogP contribution in [0.5, 0.6) is 5.75 Å². The lowest BCUT2D eigenvalue weighted by atomic mass is 10.2. The highest BCUT2D eigenvalue weighted by molar-refractivity contribution is 6.31. The number of rotatable bonds is 5. The molecule has 1 atom stereocenters. The van der Waals surface area contributed by atoms with Crippen molar-refractivity contribution in [2.45, 2.75) is 13.1 Å². The van der Waals surface area contributed by atoms with Gasteiger partial charge in [0.2, 0.25) is 0 Å². The summed E-state index contributed by atoms with van der Waals surface area (Å²) in [5.74, 6) is 0.0536. The summed E-state index contributed by atoms with van der Waals surface area (Å²) in [4.78, 5) is 19.1. The number of hydrogen-bond acceptors (Lipinski definition) is 4. The van der Waals surface area contributed by atoms with Crippen LogP contribution in [0.3, 0.4) is 0 Å². The normalized spacial score (nSPS) is 15.5. The molecule has 0 spiro atoms. The van der Waals surface area contributed by atoms with Crippen molar-refractivity contribution in [3.63, 3.8) is 0 Å². The molecule has 0 saturated heterocycles. The number of amides is 1. The van der Waals surface area contributed by atoms with E-state index in [9.17, 15) is 9.18 Å². The highest BCUT2D eigenvalue weighted by atomic mass is 35.5. The van der Waals surface area contributed by atoms with E-state index in [0.717, 1.165) is 5.75 Å². The zero-order valence-electron chi connectivity index (χ0n) is 15.0. The Morgan fingerprint density at radius 3 is 2.71 bits per heavy atom. The third-order valence-electron chi connectivity index (χ3n) is 4.45. The van der Waals surface area contributed by atoms with Gasteiger partial charge in [0.05, 0.1) is 22.9 Å². The zero-order valence-corrected chi connectivity index (χ0v) is 15.8. The van der Waals surface area contributed by atoms with Crippen LogP contribution in [0.4, 0.5) is 15.8 Å². The molecule has 1 aliphatic heterocycles. The molecule has 28 heavy (non-hydrogen) atoms. The maximum atomic E-state index is 13.5. The Morgan fingerprint density at radius 2 is 2.00 bits per heavy atom. The molecule has 4 rings (SSSR count). The molecule has 1 N–H and O–H groups in total. The third kappa shape index (κ3) is 3.27. The van der Waals surface area contributed by atoms with Crippen LogP contribution >= 0.6 is 11.6 Å². The van der Waals surface area contributed by atoms with Crippen LogP contribution in [0.25, 0.3) is 0 Å². The number of halogens is 2. The van der Waals surface area contributed by atoms with Crippen LogP contribution in [0.1, 0.15) is 29.1 Å². The van der Waals surface area contributed by atoms with Gasteiger partial charge >= 0.3 is 0 Å². The van der Waals surface area contributed by atoms with Gasteiger partial charge in [-0.2, -0.15) is 0 Å². The molecule has 7 heteroatoms. The summed E-state index contributed by atoms with van der Waals surface area (Å²) >= 11 is 5.90. The minimum atomic E-state index is -0.553. The van der Waals surface area contributed by atoms with Gasteiger partial charge in [0.15, 0.2) is 6.17 Å². The molecule has 2 heterocycles. The molecule has 1 aliphatic rings. The van der Waals surface area contributed by atoms with Crippen molar-refractivity contribution in [3.8, 4) is 5.75 Å². The number of nitrogens with zero attached hydrogens (tertiary/aromatic N) is 2. The number of aromatic nitrogens is 1. The number of pyridine rings is 1. The molecule has 3 aromatic rings. The topological polar surface area (TPSA) is 54.5 Å². The van der Waals surface area contributed by atoms with E-state index in [0.29, 0.717) is 29.2 Å². The Bertz CT molecular complexity index is 1030. The summed E-state index contributed by atoms with van der Waals surface area (Å²) < 4.78 is 19.0. The number of fused-ring (bicyclic) bond motifs is 1. The van der Waals surface area contributed by atoms with Crippen molar-refractivity contribution in [3.05, 3.63) is 82.9 Å². The average molecular weight is 398 g/mol. The van der Waals surface area contributed by atoms with Crippen LogP contribution < -0.4 is 15.0 Å². The van der Waals surface area contributed by atoms with Gasteiger partial charge < -0.3 is 10.1 Å². The first-order valence-corrected chi connectivity index (χ1v) is 9.19. The number of carbonyl (C=O) groups is 1. The Morgan fingerprint density at radius 1 is 1.21 bits per heavy atom. The van der Waals surface area contributed by atoms with Gasteiger partial charge in [-0.25, -0.2) is 4.39 Å². The minimum absolute atomic E-state index is 0.00295. The first kappa shape index (κ1) is 18.3. The lowest BCUT2D eigenvalue weighted by Crippen LogP contribution is -2.32. The summed E-state index contributed by atoms with van der Waals surface area (Å²) in [5, 5.41) is 3.25. The third-order valence-corrected chi connectivity index (χ3v) is 4.74. The molecule has 2 aromatic carbocycles. The molecule has 0 fully saturated rings. The Hall–Kier alpha value is -3.12. The van der Waals surface area contributed by atoms with E-state index < -0.39 is 12.0 Å². The van der Waals surface area contributed by atoms with Gasteiger partial charge in [-0.15, -0.1) is 0 Å². The van der Waals surface area contributed by atoms with Gasteiger partial charge in [-0.05, 0) is 61.5 Å².